The van der Waals surface area contributed by atoms with E-state index >= 15 is 0 Å². The van der Waals surface area contributed by atoms with Gasteiger partial charge in [0.2, 0.25) is 11.7 Å². The molecule has 1 heterocycles. The minimum atomic E-state index is -1.25. The predicted molar refractivity (Wildman–Crippen MR) is 67.7 cm³/mol. The van der Waals surface area contributed by atoms with Crippen LogP contribution in [0.25, 0.3) is 0 Å². The smallest absolute Gasteiger partial charge is 0.326 e. The molecule has 0 fully saturated rings. The lowest BCUT2D eigenvalue weighted by Crippen LogP contribution is -2.41. The molecule has 1 aromatic heterocycles. The highest BCUT2D eigenvalue weighted by molar-refractivity contribution is 5.93. The summed E-state index contributed by atoms with van der Waals surface area (Å²) >= 11 is 0. The maximum absolute atomic E-state index is 11.8. The van der Waals surface area contributed by atoms with Crippen molar-refractivity contribution in [2.75, 3.05) is 0 Å². The molecule has 5 N–H and O–H groups in total. The van der Waals surface area contributed by atoms with Crippen molar-refractivity contribution in [3.8, 4) is 0 Å². The van der Waals surface area contributed by atoms with Crippen LogP contribution in [-0.4, -0.2) is 44.1 Å². The molecule has 20 heavy (non-hydrogen) atoms. The van der Waals surface area contributed by atoms with Gasteiger partial charge in [0.1, 0.15) is 11.9 Å². The largest absolute Gasteiger partial charge is 0.480 e. The summed E-state index contributed by atoms with van der Waals surface area (Å²) < 4.78 is 0. The normalized spacial score (nSPS) is 11.8. The Morgan fingerprint density at radius 1 is 1.45 bits per heavy atom. The van der Waals surface area contributed by atoms with Crippen LogP contribution in [0.2, 0.25) is 0 Å². The Bertz CT molecular complexity index is 499. The van der Waals surface area contributed by atoms with E-state index in [1.54, 1.807) is 0 Å². The fourth-order valence-corrected chi connectivity index (χ4v) is 1.51. The molecule has 2 amide bonds. The van der Waals surface area contributed by atoms with E-state index in [1.165, 1.54) is 0 Å². The van der Waals surface area contributed by atoms with Crippen LogP contribution in [0.1, 0.15) is 42.6 Å². The monoisotopic (exact) mass is 283 g/mol. The highest BCUT2D eigenvalue weighted by atomic mass is 16.4. The number of aliphatic carboxylic acids is 1. The number of aromatic nitrogens is 3. The molecule has 1 rings (SSSR count). The van der Waals surface area contributed by atoms with Gasteiger partial charge in [-0.3, -0.25) is 14.7 Å². The van der Waals surface area contributed by atoms with Gasteiger partial charge in [-0.25, -0.2) is 9.78 Å². The Hall–Kier alpha value is -2.45. The second-order valence-electron chi connectivity index (χ2n) is 4.22. The van der Waals surface area contributed by atoms with Gasteiger partial charge in [-0.15, -0.1) is 5.10 Å². The molecule has 0 aliphatic carbocycles. The van der Waals surface area contributed by atoms with Gasteiger partial charge in [0.15, 0.2) is 0 Å². The molecule has 0 saturated carbocycles. The molecule has 0 aromatic carbocycles. The first-order chi connectivity index (χ1) is 9.43. The second kappa shape index (κ2) is 7.22. The lowest BCUT2D eigenvalue weighted by molar-refractivity contribution is -0.139. The first kappa shape index (κ1) is 15.6. The molecule has 0 aliphatic rings. The van der Waals surface area contributed by atoms with Gasteiger partial charge in [0.05, 0.1) is 0 Å². The van der Waals surface area contributed by atoms with Gasteiger partial charge in [-0.2, -0.15) is 0 Å². The summed E-state index contributed by atoms with van der Waals surface area (Å²) in [5, 5.41) is 17.5. The zero-order chi connectivity index (χ0) is 15.1. The summed E-state index contributed by atoms with van der Waals surface area (Å²) in [4.78, 5) is 37.3. The van der Waals surface area contributed by atoms with Gasteiger partial charge in [0.25, 0.3) is 5.91 Å². The molecule has 0 saturated heterocycles. The molecule has 1 aromatic rings. The lowest BCUT2D eigenvalue weighted by Gasteiger charge is -2.11. The number of carboxylic acids is 1. The predicted octanol–water partition coefficient (Wildman–Crippen LogP) is -0.794. The van der Waals surface area contributed by atoms with E-state index in [1.807, 2.05) is 6.92 Å². The van der Waals surface area contributed by atoms with Crippen molar-refractivity contribution in [1.82, 2.24) is 20.5 Å². The third-order valence-electron chi connectivity index (χ3n) is 2.50. The number of primary amides is 1. The van der Waals surface area contributed by atoms with E-state index < -0.39 is 23.8 Å². The van der Waals surface area contributed by atoms with Crippen LogP contribution in [0.15, 0.2) is 0 Å². The standard InChI is InChI=1S/C11H17N5O4/c1-2-3-8-14-9(16-15-8)10(18)13-6(11(19)20)4-5-7(12)17/h6H,2-5H2,1H3,(H2,12,17)(H,13,18)(H,19,20)(H,14,15,16). The first-order valence-corrected chi connectivity index (χ1v) is 6.17. The number of nitrogens with zero attached hydrogens (tertiary/aromatic N) is 2. The maximum Gasteiger partial charge on any atom is 0.326 e. The minimum Gasteiger partial charge on any atom is -0.480 e. The summed E-state index contributed by atoms with van der Waals surface area (Å²) in [6.45, 7) is 1.95. The second-order valence-corrected chi connectivity index (χ2v) is 4.22. The molecule has 0 aliphatic heterocycles. The number of hydrogen-bond donors (Lipinski definition) is 4. The van der Waals surface area contributed by atoms with Gasteiger partial charge >= 0.3 is 5.97 Å². The molecule has 0 spiro atoms. The van der Waals surface area contributed by atoms with Crippen LogP contribution in [0.3, 0.4) is 0 Å². The Labute approximate surface area is 115 Å². The number of aryl methyl sites for hydroxylation is 1. The number of aromatic amines is 1. The van der Waals surface area contributed by atoms with Crippen LogP contribution in [0.4, 0.5) is 0 Å². The SMILES string of the molecule is CCCc1nc(C(=O)NC(CCC(N)=O)C(=O)O)n[nH]1. The average molecular weight is 283 g/mol. The van der Waals surface area contributed by atoms with Gasteiger partial charge < -0.3 is 16.2 Å². The molecule has 1 unspecified atom stereocenters. The highest BCUT2D eigenvalue weighted by Crippen LogP contribution is 2.01. The van der Waals surface area contributed by atoms with Crippen molar-refractivity contribution in [1.29, 1.82) is 0 Å². The van der Waals surface area contributed by atoms with E-state index in [-0.39, 0.29) is 18.7 Å². The van der Waals surface area contributed by atoms with E-state index in [0.29, 0.717) is 12.2 Å². The summed E-state index contributed by atoms with van der Waals surface area (Å²) in [7, 11) is 0. The van der Waals surface area contributed by atoms with Crippen molar-refractivity contribution < 1.29 is 19.5 Å². The summed E-state index contributed by atoms with van der Waals surface area (Å²) in [5.41, 5.74) is 4.95. The maximum atomic E-state index is 11.8. The Balaban J connectivity index is 2.64. The average Bonchev–Trinajstić information content (AvgIpc) is 2.82. The topological polar surface area (TPSA) is 151 Å². The molecular weight excluding hydrogens is 266 g/mol. The van der Waals surface area contributed by atoms with Crippen molar-refractivity contribution in [3.63, 3.8) is 0 Å². The van der Waals surface area contributed by atoms with E-state index in [9.17, 15) is 14.4 Å². The Morgan fingerprint density at radius 2 is 2.15 bits per heavy atom. The van der Waals surface area contributed by atoms with E-state index in [4.69, 9.17) is 10.8 Å². The van der Waals surface area contributed by atoms with E-state index in [2.05, 4.69) is 20.5 Å². The molecule has 9 nitrogen and oxygen atoms in total. The van der Waals surface area contributed by atoms with Crippen LogP contribution in [0, 0.1) is 0 Å². The van der Waals surface area contributed by atoms with Crippen LogP contribution < -0.4 is 11.1 Å². The minimum absolute atomic E-state index is 0.0807. The van der Waals surface area contributed by atoms with Gasteiger partial charge in [-0.05, 0) is 12.8 Å². The van der Waals surface area contributed by atoms with Crippen molar-refractivity contribution in [3.05, 3.63) is 11.6 Å². The number of nitrogens with one attached hydrogen (secondary N) is 2. The number of nitrogens with two attached hydrogens (primary N) is 1. The van der Waals surface area contributed by atoms with Gasteiger partial charge in [0, 0.05) is 12.8 Å². The summed E-state index contributed by atoms with van der Waals surface area (Å²) in [5.74, 6) is -2.15. The number of hydrogen-bond acceptors (Lipinski definition) is 5. The molecule has 9 heteroatoms. The molecule has 0 bridgehead atoms. The fraction of sp³-hybridized carbons (Fsp3) is 0.545. The molecule has 0 radical (unpaired) electrons. The van der Waals surface area contributed by atoms with E-state index in [0.717, 1.165) is 6.42 Å². The number of H-pyrrole nitrogens is 1. The fourth-order valence-electron chi connectivity index (χ4n) is 1.51. The third kappa shape index (κ3) is 4.67. The van der Waals surface area contributed by atoms with Crippen LogP contribution in [-0.2, 0) is 16.0 Å². The number of rotatable bonds is 8. The molecular formula is C11H17N5O4. The summed E-state index contributed by atoms with van der Waals surface area (Å²) in [6.07, 6.45) is 1.27. The van der Waals surface area contributed by atoms with Crippen molar-refractivity contribution >= 4 is 17.8 Å². The Kier molecular flexibility index (Phi) is 5.63. The number of amides is 2. The third-order valence-corrected chi connectivity index (χ3v) is 2.50. The van der Waals surface area contributed by atoms with Crippen LogP contribution in [0.5, 0.6) is 0 Å². The van der Waals surface area contributed by atoms with Gasteiger partial charge in [-0.1, -0.05) is 6.92 Å². The lowest BCUT2D eigenvalue weighted by atomic mass is 10.1. The number of carbonyl (C=O) groups excluding carboxylic acids is 2. The summed E-state index contributed by atoms with van der Waals surface area (Å²) in [6, 6.07) is -1.21. The zero-order valence-corrected chi connectivity index (χ0v) is 11.0. The number of carboxylic acid groups (broad SMARTS) is 1. The van der Waals surface area contributed by atoms with Crippen molar-refractivity contribution in [2.45, 2.75) is 38.6 Å². The quantitative estimate of drug-likeness (QED) is 0.490. The first-order valence-electron chi connectivity index (χ1n) is 6.17. The Morgan fingerprint density at radius 3 is 2.70 bits per heavy atom. The highest BCUT2D eigenvalue weighted by Gasteiger charge is 2.23. The van der Waals surface area contributed by atoms with Crippen LogP contribution >= 0.6 is 0 Å². The zero-order valence-electron chi connectivity index (χ0n) is 11.0. The molecule has 1 atom stereocenters. The molecule has 110 valence electrons. The van der Waals surface area contributed by atoms with Crippen molar-refractivity contribution in [2.24, 2.45) is 5.73 Å². The number of carbonyl (C=O) groups is 3.